The van der Waals surface area contributed by atoms with Crippen molar-refractivity contribution in [3.05, 3.63) is 150 Å². The molecule has 0 unspecified atom stereocenters. The molecule has 5 aromatic carbocycles. The highest BCUT2D eigenvalue weighted by molar-refractivity contribution is 5.95. The van der Waals surface area contributed by atoms with Crippen LogP contribution in [0, 0.1) is 0 Å². The number of pyridine rings is 1. The van der Waals surface area contributed by atoms with E-state index >= 15 is 0 Å². The van der Waals surface area contributed by atoms with Crippen molar-refractivity contribution in [1.29, 1.82) is 0 Å². The first-order valence-electron chi connectivity index (χ1n) is 17.4. The minimum atomic E-state index is -0.239. The van der Waals surface area contributed by atoms with Crippen LogP contribution in [0.5, 0.6) is 5.75 Å². The van der Waals surface area contributed by atoms with Gasteiger partial charge in [0.05, 0.1) is 22.3 Å². The number of rotatable bonds is 6. The molecule has 0 amide bonds. The second-order valence-corrected chi connectivity index (χ2v) is 15.5. The van der Waals surface area contributed by atoms with Crippen LogP contribution in [-0.4, -0.2) is 19.6 Å². The summed E-state index contributed by atoms with van der Waals surface area (Å²) in [6, 6.07) is 42.7. The second-order valence-electron chi connectivity index (χ2n) is 15.5. The van der Waals surface area contributed by atoms with Crippen molar-refractivity contribution in [3.63, 3.8) is 0 Å². The smallest absolute Gasteiger partial charge is 0.144 e. The number of aromatic hydroxyl groups is 1. The lowest BCUT2D eigenvalue weighted by Gasteiger charge is -2.27. The van der Waals surface area contributed by atoms with Gasteiger partial charge in [-0.1, -0.05) is 126 Å². The first kappa shape index (κ1) is 33.0. The van der Waals surface area contributed by atoms with Crippen LogP contribution >= 0.6 is 0 Å². The van der Waals surface area contributed by atoms with Crippen molar-refractivity contribution in [1.82, 2.24) is 14.5 Å². The molecule has 7 rings (SSSR count). The number of benzene rings is 5. The number of phenolic OH excluding ortho intramolecular Hbond substituents is 1. The number of hydrogen-bond donors (Lipinski definition) is 1. The van der Waals surface area contributed by atoms with Gasteiger partial charge in [-0.15, -0.1) is 0 Å². The topological polar surface area (TPSA) is 50.9 Å². The summed E-state index contributed by atoms with van der Waals surface area (Å²) < 4.78 is 2.12. The van der Waals surface area contributed by atoms with E-state index in [0.29, 0.717) is 5.75 Å². The molecule has 0 aliphatic heterocycles. The van der Waals surface area contributed by atoms with E-state index in [1.807, 2.05) is 19.3 Å². The summed E-state index contributed by atoms with van der Waals surface area (Å²) in [6.07, 6.45) is 2.70. The van der Waals surface area contributed by atoms with Crippen LogP contribution in [0.3, 0.4) is 0 Å². The predicted molar refractivity (Wildman–Crippen MR) is 209 cm³/mol. The van der Waals surface area contributed by atoms with Crippen molar-refractivity contribution >= 4 is 11.0 Å². The molecule has 0 radical (unpaired) electrons. The number of nitrogens with zero attached hydrogens (tertiary/aromatic N) is 3. The van der Waals surface area contributed by atoms with Crippen LogP contribution < -0.4 is 0 Å². The van der Waals surface area contributed by atoms with Gasteiger partial charge in [0, 0.05) is 29.9 Å². The van der Waals surface area contributed by atoms with Gasteiger partial charge in [0.25, 0.3) is 0 Å². The zero-order valence-corrected chi connectivity index (χ0v) is 30.1. The Labute approximate surface area is 296 Å². The molecule has 0 aliphatic carbocycles. The number of phenols is 1. The second kappa shape index (κ2) is 12.8. The van der Waals surface area contributed by atoms with Gasteiger partial charge < -0.3 is 9.67 Å². The predicted octanol–water partition coefficient (Wildman–Crippen LogP) is 11.5. The quantitative estimate of drug-likeness (QED) is 0.194. The standard InChI is InChI=1S/C46H45N3O/c1-45(2,3)36-28-38(43(50)39(29-36)46(4,5)6)44-48-42-37(19-14-20-41(42)49(44)7)34-24-31(23-30-15-10-8-11-16-30)25-35(26-34)40-27-33(21-22-47-40)32-17-12-9-13-18-32/h8-22,24-29,50H,23H2,1-7H3. The molecule has 0 aliphatic rings. The molecule has 7 aromatic rings. The molecular formula is C46H45N3O. The fraction of sp³-hybridized carbons (Fsp3) is 0.217. The summed E-state index contributed by atoms with van der Waals surface area (Å²) in [5, 5.41) is 11.8. The Morgan fingerprint density at radius 1 is 0.600 bits per heavy atom. The van der Waals surface area contributed by atoms with Crippen LogP contribution in [0.4, 0.5) is 0 Å². The van der Waals surface area contributed by atoms with Gasteiger partial charge in [-0.3, -0.25) is 4.98 Å². The fourth-order valence-electron chi connectivity index (χ4n) is 6.83. The molecule has 4 nitrogen and oxygen atoms in total. The third kappa shape index (κ3) is 6.46. The number of imidazole rings is 1. The van der Waals surface area contributed by atoms with Crippen LogP contribution in [0.2, 0.25) is 0 Å². The lowest BCUT2D eigenvalue weighted by Crippen LogP contribution is -2.17. The number of para-hydroxylation sites is 1. The van der Waals surface area contributed by atoms with E-state index in [0.717, 1.165) is 67.9 Å². The zero-order valence-electron chi connectivity index (χ0n) is 30.1. The highest BCUT2D eigenvalue weighted by Crippen LogP contribution is 2.43. The van der Waals surface area contributed by atoms with Gasteiger partial charge in [-0.05, 0) is 87.0 Å². The Kier molecular flexibility index (Phi) is 8.43. The lowest BCUT2D eigenvalue weighted by atomic mass is 9.79. The van der Waals surface area contributed by atoms with Gasteiger partial charge >= 0.3 is 0 Å². The summed E-state index contributed by atoms with van der Waals surface area (Å²) >= 11 is 0. The summed E-state index contributed by atoms with van der Waals surface area (Å²) in [5.74, 6) is 1.04. The Morgan fingerprint density at radius 3 is 2.00 bits per heavy atom. The Morgan fingerprint density at radius 2 is 1.30 bits per heavy atom. The number of hydrogen-bond acceptors (Lipinski definition) is 3. The van der Waals surface area contributed by atoms with Crippen LogP contribution in [0.1, 0.15) is 63.8 Å². The Hall–Kier alpha value is -5.48. The maximum absolute atomic E-state index is 11.8. The molecule has 1 N–H and O–H groups in total. The maximum Gasteiger partial charge on any atom is 0.144 e. The van der Waals surface area contributed by atoms with Gasteiger partial charge in [0.2, 0.25) is 0 Å². The lowest BCUT2D eigenvalue weighted by molar-refractivity contribution is 0.446. The average Bonchev–Trinajstić information content (AvgIpc) is 3.44. The molecule has 2 aromatic heterocycles. The monoisotopic (exact) mass is 655 g/mol. The SMILES string of the molecule is Cn1c(-c2cc(C(C)(C)C)cc(C(C)(C)C)c2O)nc2c(-c3cc(Cc4ccccc4)cc(-c4cc(-c5ccccc5)ccn4)c3)cccc21. The molecule has 0 spiro atoms. The third-order valence-electron chi connectivity index (χ3n) is 9.65. The van der Waals surface area contributed by atoms with Crippen LogP contribution in [0.15, 0.2) is 128 Å². The summed E-state index contributed by atoms with van der Waals surface area (Å²) in [6.45, 7) is 13.1. The number of fused-ring (bicyclic) bond motifs is 1. The highest BCUT2D eigenvalue weighted by Gasteiger charge is 2.27. The number of aromatic nitrogens is 3. The molecule has 250 valence electrons. The Balaban J connectivity index is 1.42. The van der Waals surface area contributed by atoms with Crippen LogP contribution in [-0.2, 0) is 24.3 Å². The third-order valence-corrected chi connectivity index (χ3v) is 9.65. The first-order chi connectivity index (χ1) is 23.9. The van der Waals surface area contributed by atoms with E-state index in [4.69, 9.17) is 9.97 Å². The van der Waals surface area contributed by atoms with Gasteiger partial charge in [-0.25, -0.2) is 4.98 Å². The van der Waals surface area contributed by atoms with E-state index < -0.39 is 0 Å². The first-order valence-corrected chi connectivity index (χ1v) is 17.4. The molecule has 0 fully saturated rings. The average molecular weight is 656 g/mol. The normalized spacial score (nSPS) is 12.1. The Bertz CT molecular complexity index is 2320. The zero-order chi connectivity index (χ0) is 35.2. The molecule has 0 atom stereocenters. The molecule has 2 heterocycles. The summed E-state index contributed by atoms with van der Waals surface area (Å²) in [7, 11) is 2.05. The van der Waals surface area contributed by atoms with Gasteiger partial charge in [0.15, 0.2) is 0 Å². The van der Waals surface area contributed by atoms with Gasteiger partial charge in [0.1, 0.15) is 11.6 Å². The molecule has 0 saturated heterocycles. The van der Waals surface area contributed by atoms with Crippen molar-refractivity contribution < 1.29 is 5.11 Å². The fourth-order valence-corrected chi connectivity index (χ4v) is 6.83. The van der Waals surface area contributed by atoms with Crippen molar-refractivity contribution in [2.24, 2.45) is 7.05 Å². The minimum Gasteiger partial charge on any atom is -0.507 e. The van der Waals surface area contributed by atoms with E-state index in [1.165, 1.54) is 16.7 Å². The maximum atomic E-state index is 11.8. The molecule has 0 saturated carbocycles. The molecule has 4 heteroatoms. The van der Waals surface area contributed by atoms with E-state index in [2.05, 4.69) is 161 Å². The molecule has 0 bridgehead atoms. The van der Waals surface area contributed by atoms with E-state index in [9.17, 15) is 5.11 Å². The van der Waals surface area contributed by atoms with E-state index in [-0.39, 0.29) is 10.8 Å². The van der Waals surface area contributed by atoms with Crippen molar-refractivity contribution in [3.8, 4) is 50.6 Å². The molecule has 50 heavy (non-hydrogen) atoms. The summed E-state index contributed by atoms with van der Waals surface area (Å²) in [5.41, 5.74) is 13.3. The summed E-state index contributed by atoms with van der Waals surface area (Å²) in [4.78, 5) is 10.2. The van der Waals surface area contributed by atoms with Gasteiger partial charge in [-0.2, -0.15) is 0 Å². The van der Waals surface area contributed by atoms with Crippen LogP contribution in [0.25, 0.3) is 55.9 Å². The van der Waals surface area contributed by atoms with Crippen molar-refractivity contribution in [2.75, 3.05) is 0 Å². The molecular weight excluding hydrogens is 611 g/mol. The van der Waals surface area contributed by atoms with Crippen molar-refractivity contribution in [2.45, 2.75) is 58.8 Å². The highest BCUT2D eigenvalue weighted by atomic mass is 16.3. The largest absolute Gasteiger partial charge is 0.507 e. The minimum absolute atomic E-state index is 0.0976. The number of aryl methyl sites for hydroxylation is 1. The van der Waals surface area contributed by atoms with E-state index in [1.54, 1.807) is 0 Å².